The van der Waals surface area contributed by atoms with Gasteiger partial charge in [0.1, 0.15) is 0 Å². The third-order valence-corrected chi connectivity index (χ3v) is 1.29. The van der Waals surface area contributed by atoms with E-state index in [2.05, 4.69) is 9.97 Å². The monoisotopic (exact) mass is 171 g/mol. The summed E-state index contributed by atoms with van der Waals surface area (Å²) in [5.74, 6) is 0.576. The Labute approximate surface area is 68.3 Å². The molecule has 0 saturated heterocycles. The zero-order chi connectivity index (χ0) is 6.97. The molecule has 0 atom stereocenters. The van der Waals surface area contributed by atoms with Gasteiger partial charge in [-0.25, -0.2) is 0 Å². The van der Waals surface area contributed by atoms with Crippen LogP contribution in [-0.2, 0) is 0 Å². The smallest absolute Gasteiger partial charge is 0.274 e. The second-order valence-electron chi connectivity index (χ2n) is 1.96. The molecule has 11 heavy (non-hydrogen) atoms. The summed E-state index contributed by atoms with van der Waals surface area (Å²) >= 11 is 0. The fraction of sp³-hybridized carbons (Fsp3) is 0. The van der Waals surface area contributed by atoms with Crippen molar-refractivity contribution in [2.45, 2.75) is 0 Å². The highest BCUT2D eigenvalue weighted by Gasteiger charge is 1.90. The van der Waals surface area contributed by atoms with E-state index in [-0.39, 0.29) is 18.0 Å². The first-order valence-electron chi connectivity index (χ1n) is 2.89. The summed E-state index contributed by atoms with van der Waals surface area (Å²) in [4.78, 5) is 17.1. The van der Waals surface area contributed by atoms with Crippen molar-refractivity contribution in [3.8, 4) is 0 Å². The first-order chi connectivity index (χ1) is 4.86. The summed E-state index contributed by atoms with van der Waals surface area (Å²) in [5, 5.41) is 0. The van der Waals surface area contributed by atoms with Crippen molar-refractivity contribution < 1.29 is 0 Å². The molecule has 0 bridgehead atoms. The van der Waals surface area contributed by atoms with Crippen molar-refractivity contribution in [3.05, 3.63) is 35.0 Å². The molecule has 5 heteroatoms. The van der Waals surface area contributed by atoms with Crippen LogP contribution in [0.4, 0.5) is 0 Å². The largest absolute Gasteiger partial charge is 0.330 e. The van der Waals surface area contributed by atoms with E-state index >= 15 is 0 Å². The van der Waals surface area contributed by atoms with Crippen molar-refractivity contribution in [1.82, 2.24) is 14.4 Å². The Balaban J connectivity index is 0.000000605. The molecule has 0 radical (unpaired) electrons. The lowest BCUT2D eigenvalue weighted by atomic mass is 10.6. The highest BCUT2D eigenvalue weighted by molar-refractivity contribution is 5.85. The van der Waals surface area contributed by atoms with Gasteiger partial charge in [-0.1, -0.05) is 0 Å². The molecule has 0 spiro atoms. The molecule has 0 aliphatic rings. The van der Waals surface area contributed by atoms with Crippen molar-refractivity contribution >= 4 is 18.2 Å². The van der Waals surface area contributed by atoms with Gasteiger partial charge in [0.05, 0.1) is 0 Å². The summed E-state index contributed by atoms with van der Waals surface area (Å²) in [6, 6.07) is 1.42. The van der Waals surface area contributed by atoms with Crippen LogP contribution < -0.4 is 5.56 Å². The van der Waals surface area contributed by atoms with Gasteiger partial charge in [0, 0.05) is 24.7 Å². The van der Waals surface area contributed by atoms with Gasteiger partial charge >= 0.3 is 0 Å². The summed E-state index contributed by atoms with van der Waals surface area (Å²) in [6.07, 6.45) is 5.19. The van der Waals surface area contributed by atoms with E-state index in [9.17, 15) is 4.79 Å². The number of hydrogen-bond acceptors (Lipinski definition) is 2. The fourth-order valence-electron chi connectivity index (χ4n) is 0.833. The number of imidazole rings is 1. The van der Waals surface area contributed by atoms with E-state index in [1.54, 1.807) is 23.0 Å². The Morgan fingerprint density at radius 1 is 1.45 bits per heavy atom. The molecule has 2 rings (SSSR count). The van der Waals surface area contributed by atoms with Gasteiger partial charge in [-0.05, 0) is 0 Å². The summed E-state index contributed by atoms with van der Waals surface area (Å²) < 4.78 is 1.74. The maximum Gasteiger partial charge on any atom is 0.274 e. The third-order valence-electron chi connectivity index (χ3n) is 1.29. The number of aromatic amines is 1. The molecule has 2 aromatic rings. The number of hydrogen-bond donors (Lipinski definition) is 1. The van der Waals surface area contributed by atoms with E-state index in [1.807, 2.05) is 0 Å². The minimum absolute atomic E-state index is 0. The lowest BCUT2D eigenvalue weighted by molar-refractivity contribution is 1.08. The zero-order valence-corrected chi connectivity index (χ0v) is 6.34. The fourth-order valence-corrected chi connectivity index (χ4v) is 0.833. The minimum atomic E-state index is -0.220. The van der Waals surface area contributed by atoms with Crippen LogP contribution >= 0.6 is 12.4 Å². The molecular formula is C6H6ClN3O. The first kappa shape index (κ1) is 7.81. The van der Waals surface area contributed by atoms with Gasteiger partial charge in [-0.15, -0.1) is 12.4 Å². The summed E-state index contributed by atoms with van der Waals surface area (Å²) in [5.41, 5.74) is -0.220. The molecule has 0 saturated carbocycles. The van der Waals surface area contributed by atoms with Crippen LogP contribution in [0.5, 0.6) is 0 Å². The van der Waals surface area contributed by atoms with E-state index in [0.29, 0.717) is 5.78 Å². The van der Waals surface area contributed by atoms with Crippen LogP contribution in [0.1, 0.15) is 0 Å². The van der Waals surface area contributed by atoms with Gasteiger partial charge < -0.3 is 4.98 Å². The van der Waals surface area contributed by atoms with Gasteiger partial charge in [0.2, 0.25) is 5.78 Å². The van der Waals surface area contributed by atoms with Gasteiger partial charge in [0.25, 0.3) is 5.56 Å². The predicted octanol–water partition coefficient (Wildman–Crippen LogP) is 0.444. The van der Waals surface area contributed by atoms with Gasteiger partial charge in [-0.3, -0.25) is 9.20 Å². The third kappa shape index (κ3) is 1.25. The summed E-state index contributed by atoms with van der Waals surface area (Å²) in [7, 11) is 0. The Bertz CT molecular complexity index is 405. The van der Waals surface area contributed by atoms with Crippen LogP contribution in [0, 0.1) is 0 Å². The van der Waals surface area contributed by atoms with Crippen LogP contribution in [0.25, 0.3) is 5.78 Å². The molecule has 4 nitrogen and oxygen atoms in total. The average molecular weight is 172 g/mol. The van der Waals surface area contributed by atoms with E-state index in [0.717, 1.165) is 0 Å². The van der Waals surface area contributed by atoms with Crippen LogP contribution in [0.2, 0.25) is 0 Å². The van der Waals surface area contributed by atoms with Crippen molar-refractivity contribution in [3.63, 3.8) is 0 Å². The van der Waals surface area contributed by atoms with Crippen LogP contribution in [-0.4, -0.2) is 14.4 Å². The van der Waals surface area contributed by atoms with E-state index in [4.69, 9.17) is 0 Å². The normalized spacial score (nSPS) is 9.45. The first-order valence-corrected chi connectivity index (χ1v) is 2.89. The maximum atomic E-state index is 10.6. The molecule has 58 valence electrons. The van der Waals surface area contributed by atoms with Crippen molar-refractivity contribution in [1.29, 1.82) is 0 Å². The standard InChI is InChI=1S/C6H5N3O.ClH/c10-5-1-3-9-4-2-7-6(9)8-5;/h1-4H,(H,7,8,10);1H. The van der Waals surface area contributed by atoms with Gasteiger partial charge in [-0.2, -0.15) is 4.98 Å². The highest BCUT2D eigenvalue weighted by Crippen LogP contribution is 1.89. The quantitative estimate of drug-likeness (QED) is 0.626. The molecule has 0 amide bonds. The van der Waals surface area contributed by atoms with E-state index in [1.165, 1.54) is 6.07 Å². The molecule has 0 aliphatic heterocycles. The van der Waals surface area contributed by atoms with Crippen LogP contribution in [0.15, 0.2) is 29.5 Å². The topological polar surface area (TPSA) is 50.2 Å². The van der Waals surface area contributed by atoms with Gasteiger partial charge in [0.15, 0.2) is 0 Å². The second-order valence-corrected chi connectivity index (χ2v) is 1.96. The predicted molar refractivity (Wildman–Crippen MR) is 43.1 cm³/mol. The number of fused-ring (bicyclic) bond motifs is 1. The highest BCUT2D eigenvalue weighted by atomic mass is 35.5. The number of nitrogens with zero attached hydrogens (tertiary/aromatic N) is 2. The summed E-state index contributed by atoms with van der Waals surface area (Å²) in [6.45, 7) is 0. The number of H-pyrrole nitrogens is 1. The van der Waals surface area contributed by atoms with E-state index < -0.39 is 0 Å². The molecule has 0 aromatic carbocycles. The molecule has 2 heterocycles. The number of aromatic nitrogens is 3. The maximum absolute atomic E-state index is 10.6. The SMILES string of the molecule is Cl.O=c1ccn2cc[nH]c2n1. The molecule has 0 aliphatic carbocycles. The van der Waals surface area contributed by atoms with Crippen molar-refractivity contribution in [2.75, 3.05) is 0 Å². The van der Waals surface area contributed by atoms with Crippen molar-refractivity contribution in [2.24, 2.45) is 0 Å². The number of nitrogens with one attached hydrogen (secondary N) is 1. The molecular weight excluding hydrogens is 166 g/mol. The Morgan fingerprint density at radius 2 is 2.27 bits per heavy atom. The van der Waals surface area contributed by atoms with Crippen LogP contribution in [0.3, 0.4) is 0 Å². The second kappa shape index (κ2) is 2.75. The minimum Gasteiger partial charge on any atom is -0.330 e. The molecule has 2 aromatic heterocycles. The molecule has 0 fully saturated rings. The lowest BCUT2D eigenvalue weighted by Gasteiger charge is -1.86. The number of rotatable bonds is 0. The zero-order valence-electron chi connectivity index (χ0n) is 5.52. The Morgan fingerprint density at radius 3 is 3.09 bits per heavy atom. The average Bonchev–Trinajstić information content (AvgIpc) is 2.33. The Hall–Kier alpha value is -1.29. The Kier molecular flexibility index (Phi) is 1.96. The molecule has 0 unspecified atom stereocenters. The number of halogens is 1. The lowest BCUT2D eigenvalue weighted by Crippen LogP contribution is -2.05. The molecule has 1 N–H and O–H groups in total.